The van der Waals surface area contributed by atoms with Crippen molar-refractivity contribution in [1.82, 2.24) is 35.7 Å². The third-order valence-electron chi connectivity index (χ3n) is 13.2. The monoisotopic (exact) mass is 1040 g/mol. The van der Waals surface area contributed by atoms with Crippen molar-refractivity contribution in [2.24, 2.45) is 23.5 Å². The summed E-state index contributed by atoms with van der Waals surface area (Å²) in [5, 5.41) is 25.3. The lowest BCUT2D eigenvalue weighted by molar-refractivity contribution is -0.172. The number of ether oxygens (including phenoxy) is 3. The highest BCUT2D eigenvalue weighted by molar-refractivity contribution is 5.98. The number of anilines is 1. The quantitative estimate of drug-likeness (QED) is 0.0273. The SMILES string of the molecule is CCc1c2c(nc3ccc(OC(=O)NCCN(C)C(=O)OCc4ccc(NC(=O)[C@H](CCCNC(N)=O)NC(=O)[C@@H](NC(=O)CC(C=O)CC(C)C)C(C)C)cc4)cc13)-c1cc3c(c(=O)n1C2)COC(=O)[C@]3(O)CC. The van der Waals surface area contributed by atoms with E-state index in [0.717, 1.165) is 22.8 Å². The van der Waals surface area contributed by atoms with E-state index >= 15 is 0 Å². The normalized spacial score (nSPS) is 15.6. The molecular weight excluding hydrogens is 971 g/mol. The van der Waals surface area contributed by atoms with Gasteiger partial charge in [0.05, 0.1) is 29.0 Å². The molecule has 0 spiro atoms. The smallest absolute Gasteiger partial charge is 0.412 e. The largest absolute Gasteiger partial charge is 0.458 e. The molecular formula is C53H67N9O13. The Kier molecular flexibility index (Phi) is 18.7. The number of carbonyl (C=O) groups is 8. The van der Waals surface area contributed by atoms with Crippen LogP contribution in [-0.4, -0.2) is 107 Å². The number of nitrogens with one attached hydrogen (secondary N) is 5. The first kappa shape index (κ1) is 56.4. The van der Waals surface area contributed by atoms with E-state index in [1.807, 2.05) is 20.8 Å². The fourth-order valence-corrected chi connectivity index (χ4v) is 9.18. The molecule has 1 unspecified atom stereocenters. The van der Waals surface area contributed by atoms with Crippen LogP contribution in [0.25, 0.3) is 22.3 Å². The van der Waals surface area contributed by atoms with Crippen molar-refractivity contribution in [3.05, 3.63) is 86.7 Å². The number of fused-ring (bicyclic) bond motifs is 5. The lowest BCUT2D eigenvalue weighted by Gasteiger charge is -2.31. The summed E-state index contributed by atoms with van der Waals surface area (Å²) in [5.74, 6) is -2.85. The van der Waals surface area contributed by atoms with E-state index in [4.69, 9.17) is 24.9 Å². The average molecular weight is 1040 g/mol. The summed E-state index contributed by atoms with van der Waals surface area (Å²) < 4.78 is 17.8. The molecule has 2 aromatic carbocycles. The van der Waals surface area contributed by atoms with Crippen LogP contribution < -0.4 is 42.6 Å². The second kappa shape index (κ2) is 24.9. The van der Waals surface area contributed by atoms with Gasteiger partial charge in [0, 0.05) is 61.2 Å². The molecule has 0 bridgehead atoms. The van der Waals surface area contributed by atoms with Crippen molar-refractivity contribution in [3.8, 4) is 17.1 Å². The maximum absolute atomic E-state index is 13.7. The minimum atomic E-state index is -1.95. The molecule has 0 saturated heterocycles. The second-order valence-corrected chi connectivity index (χ2v) is 19.5. The van der Waals surface area contributed by atoms with Crippen molar-refractivity contribution in [3.63, 3.8) is 0 Å². The van der Waals surface area contributed by atoms with Crippen LogP contribution in [0.3, 0.4) is 0 Å². The fraction of sp³-hybridized carbons (Fsp3) is 0.472. The van der Waals surface area contributed by atoms with Gasteiger partial charge in [-0.15, -0.1) is 0 Å². The van der Waals surface area contributed by atoms with Crippen LogP contribution in [0.2, 0.25) is 0 Å². The minimum Gasteiger partial charge on any atom is -0.458 e. The van der Waals surface area contributed by atoms with Crippen molar-refractivity contribution in [1.29, 1.82) is 0 Å². The number of amides is 7. The Morgan fingerprint density at radius 1 is 0.960 bits per heavy atom. The molecule has 0 radical (unpaired) electrons. The number of aldehydes is 1. The number of nitrogens with zero attached hydrogens (tertiary/aromatic N) is 3. The van der Waals surface area contributed by atoms with E-state index in [9.17, 15) is 48.3 Å². The number of urea groups is 1. The molecule has 0 saturated carbocycles. The van der Waals surface area contributed by atoms with E-state index in [1.165, 1.54) is 11.9 Å². The molecule has 6 rings (SSSR count). The van der Waals surface area contributed by atoms with Crippen LogP contribution in [-0.2, 0) is 65.2 Å². The maximum Gasteiger partial charge on any atom is 0.412 e. The molecule has 7 amide bonds. The molecule has 2 aliphatic heterocycles. The summed E-state index contributed by atoms with van der Waals surface area (Å²) in [6.07, 6.45) is 0.728. The number of carbonyl (C=O) groups excluding carboxylic acids is 8. The molecule has 4 heterocycles. The topological polar surface area (TPSA) is 309 Å². The third kappa shape index (κ3) is 13.7. The Labute approximate surface area is 433 Å². The van der Waals surface area contributed by atoms with Crippen LogP contribution in [0, 0.1) is 17.8 Å². The van der Waals surface area contributed by atoms with Gasteiger partial charge >= 0.3 is 24.2 Å². The molecule has 4 atom stereocenters. The Morgan fingerprint density at radius 2 is 1.69 bits per heavy atom. The van der Waals surface area contributed by atoms with E-state index in [2.05, 4.69) is 26.6 Å². The van der Waals surface area contributed by atoms with Crippen LogP contribution in [0.15, 0.2) is 53.3 Å². The Hall–Kier alpha value is -7.88. The highest BCUT2D eigenvalue weighted by atomic mass is 16.6. The van der Waals surface area contributed by atoms with Gasteiger partial charge < -0.3 is 65.9 Å². The van der Waals surface area contributed by atoms with Crippen molar-refractivity contribution in [2.45, 2.75) is 118 Å². The van der Waals surface area contributed by atoms with Crippen LogP contribution in [0.1, 0.15) is 101 Å². The van der Waals surface area contributed by atoms with Gasteiger partial charge in [0.1, 0.15) is 37.3 Å². The van der Waals surface area contributed by atoms with Crippen LogP contribution >= 0.6 is 0 Å². The molecule has 8 N–H and O–H groups in total. The van der Waals surface area contributed by atoms with Gasteiger partial charge in [-0.2, -0.15) is 0 Å². The number of pyridine rings is 2. The molecule has 2 aliphatic rings. The number of aryl methyl sites for hydroxylation is 1. The molecule has 4 aromatic rings. The lowest BCUT2D eigenvalue weighted by atomic mass is 9.86. The number of hydrogen-bond donors (Lipinski definition) is 7. The van der Waals surface area contributed by atoms with Crippen molar-refractivity contribution < 1.29 is 57.7 Å². The summed E-state index contributed by atoms with van der Waals surface area (Å²) in [7, 11) is 1.50. The molecule has 0 aliphatic carbocycles. The predicted molar refractivity (Wildman–Crippen MR) is 275 cm³/mol. The zero-order valence-electron chi connectivity index (χ0n) is 43.3. The molecule has 2 aromatic heterocycles. The molecule has 75 heavy (non-hydrogen) atoms. The number of primary amides is 1. The zero-order valence-corrected chi connectivity index (χ0v) is 43.3. The first-order chi connectivity index (χ1) is 35.7. The Balaban J connectivity index is 0.988. The predicted octanol–water partition coefficient (Wildman–Crippen LogP) is 4.26. The van der Waals surface area contributed by atoms with Crippen LogP contribution in [0.5, 0.6) is 5.75 Å². The maximum atomic E-state index is 13.7. The Morgan fingerprint density at radius 3 is 2.35 bits per heavy atom. The van der Waals surface area contributed by atoms with E-state index in [0.29, 0.717) is 41.0 Å². The molecule has 402 valence electrons. The molecule has 22 nitrogen and oxygen atoms in total. The Bertz CT molecular complexity index is 2890. The summed E-state index contributed by atoms with van der Waals surface area (Å²) in [6.45, 7) is 11.1. The number of cyclic esters (lactones) is 1. The van der Waals surface area contributed by atoms with Gasteiger partial charge in [0.15, 0.2) is 5.60 Å². The number of rotatable bonds is 23. The number of aromatic nitrogens is 2. The standard InChI is InChI=1S/C53H67N9O13/c1-8-35-36-23-34(16-17-40(36)58-45-37(35)25-62-42(45)24-39-38(48(62)67)28-73-49(68)53(39,72)9-2)75-51(70)56-19-20-61(7)52(71)74-27-31-12-14-33(15-13-31)57-46(65)41(11-10-18-55-50(54)69)59-47(66)44(30(5)6)60-43(64)22-32(26-63)21-29(3)4/h12-17,23-24,26,29-30,32,41,44,72H,8-11,18-22,25,27-28H2,1-7H3,(H,56,70)(H,57,65)(H,59,66)(H,60,64)(H3,54,55,69)/t32?,41-,44-,53-/m0/s1. The molecule has 0 fully saturated rings. The third-order valence-corrected chi connectivity index (χ3v) is 13.2. The van der Waals surface area contributed by atoms with Crippen molar-refractivity contribution >= 4 is 64.8 Å². The van der Waals surface area contributed by atoms with Gasteiger partial charge in [-0.25, -0.2) is 24.2 Å². The van der Waals surface area contributed by atoms with Crippen LogP contribution in [0.4, 0.5) is 20.1 Å². The van der Waals surface area contributed by atoms with E-state index < -0.39 is 65.5 Å². The lowest BCUT2D eigenvalue weighted by Crippen LogP contribution is -2.54. The zero-order chi connectivity index (χ0) is 54.7. The average Bonchev–Trinajstić information content (AvgIpc) is 3.74. The first-order valence-corrected chi connectivity index (χ1v) is 25.1. The van der Waals surface area contributed by atoms with E-state index in [1.54, 1.807) is 73.9 Å². The van der Waals surface area contributed by atoms with Gasteiger partial charge in [0.2, 0.25) is 17.7 Å². The fourth-order valence-electron chi connectivity index (χ4n) is 9.18. The number of esters is 1. The van der Waals surface area contributed by atoms with Crippen molar-refractivity contribution in [2.75, 3.05) is 32.0 Å². The number of aliphatic hydroxyl groups is 1. The van der Waals surface area contributed by atoms with Gasteiger partial charge in [-0.3, -0.25) is 19.2 Å². The first-order valence-electron chi connectivity index (χ1n) is 25.1. The van der Waals surface area contributed by atoms with Gasteiger partial charge in [0.25, 0.3) is 5.56 Å². The summed E-state index contributed by atoms with van der Waals surface area (Å²) in [4.78, 5) is 121. The number of likely N-dealkylation sites (N-methyl/N-ethyl adjacent to an activating group) is 1. The minimum absolute atomic E-state index is 0.0264. The molecule has 22 heteroatoms. The highest BCUT2D eigenvalue weighted by Crippen LogP contribution is 2.41. The summed E-state index contributed by atoms with van der Waals surface area (Å²) >= 11 is 0. The highest BCUT2D eigenvalue weighted by Gasteiger charge is 2.45. The van der Waals surface area contributed by atoms with E-state index in [-0.39, 0.29) is 99.3 Å². The summed E-state index contributed by atoms with van der Waals surface area (Å²) in [5.41, 5.74) is 7.64. The number of hydrogen-bond acceptors (Lipinski definition) is 14. The van der Waals surface area contributed by atoms with Gasteiger partial charge in [-0.05, 0) is 91.5 Å². The summed E-state index contributed by atoms with van der Waals surface area (Å²) in [6, 6.07) is 10.3. The number of benzene rings is 2. The van der Waals surface area contributed by atoms with Gasteiger partial charge in [-0.1, -0.05) is 53.7 Å². The second-order valence-electron chi connectivity index (χ2n) is 19.5. The number of nitrogens with two attached hydrogens (primary N) is 1.